The highest BCUT2D eigenvalue weighted by molar-refractivity contribution is 6.05. The highest BCUT2D eigenvalue weighted by atomic mass is 16.4. The molecule has 0 radical (unpaired) electrons. The molecule has 2 N–H and O–H groups in total. The van der Waals surface area contributed by atoms with Crippen LogP contribution in [0.3, 0.4) is 0 Å². The van der Waals surface area contributed by atoms with E-state index in [1.165, 1.54) is 0 Å². The van der Waals surface area contributed by atoms with E-state index in [2.05, 4.69) is 5.32 Å². The van der Waals surface area contributed by atoms with Gasteiger partial charge in [-0.2, -0.15) is 0 Å². The maximum atomic E-state index is 12.8. The lowest BCUT2D eigenvalue weighted by Crippen LogP contribution is -2.46. The van der Waals surface area contributed by atoms with Gasteiger partial charge < -0.3 is 10.4 Å². The number of nitrogens with one attached hydrogen (secondary N) is 1. The molecule has 0 spiro atoms. The van der Waals surface area contributed by atoms with Crippen LogP contribution in [0.1, 0.15) is 49.0 Å². The van der Waals surface area contributed by atoms with Crippen LogP contribution >= 0.6 is 0 Å². The largest absolute Gasteiger partial charge is 0.465 e. The summed E-state index contributed by atoms with van der Waals surface area (Å²) in [5.41, 5.74) is 4.03. The zero-order chi connectivity index (χ0) is 22.9. The molecule has 2 amide bonds. The highest BCUT2D eigenvalue weighted by Gasteiger charge is 2.48. The van der Waals surface area contributed by atoms with Gasteiger partial charge in [-0.05, 0) is 68.1 Å². The molecule has 0 aromatic heterocycles. The Bertz CT molecular complexity index is 1120. The summed E-state index contributed by atoms with van der Waals surface area (Å²) in [5, 5.41) is 12.6. The lowest BCUT2D eigenvalue weighted by atomic mass is 10.0. The van der Waals surface area contributed by atoms with Crippen molar-refractivity contribution in [2.45, 2.75) is 44.7 Å². The fourth-order valence-corrected chi connectivity index (χ4v) is 4.24. The Hall–Kier alpha value is -3.60. The minimum atomic E-state index is -0.883. The third kappa shape index (κ3) is 4.67. The van der Waals surface area contributed by atoms with Crippen LogP contribution < -0.4 is 5.32 Å². The van der Waals surface area contributed by atoms with Gasteiger partial charge in [0.25, 0.3) is 5.91 Å². The van der Waals surface area contributed by atoms with E-state index in [9.17, 15) is 14.7 Å². The van der Waals surface area contributed by atoms with Gasteiger partial charge in [-0.15, -0.1) is 0 Å². The molecule has 2 atom stereocenters. The molecule has 3 aromatic carbocycles. The van der Waals surface area contributed by atoms with Crippen molar-refractivity contribution in [1.82, 2.24) is 4.90 Å². The molecule has 0 aliphatic heterocycles. The van der Waals surface area contributed by atoms with Crippen molar-refractivity contribution in [1.29, 1.82) is 0 Å². The number of anilines is 1. The van der Waals surface area contributed by atoms with E-state index in [-0.39, 0.29) is 17.9 Å². The lowest BCUT2D eigenvalue weighted by molar-refractivity contribution is 0.0939. The van der Waals surface area contributed by atoms with Crippen LogP contribution in [0.15, 0.2) is 78.9 Å². The predicted octanol–water partition coefficient (Wildman–Crippen LogP) is 6.24. The van der Waals surface area contributed by atoms with E-state index in [1.54, 1.807) is 11.0 Å². The first-order valence-electron chi connectivity index (χ1n) is 10.8. The second-order valence-corrected chi connectivity index (χ2v) is 9.26. The van der Waals surface area contributed by atoms with Gasteiger partial charge in [0.2, 0.25) is 0 Å². The van der Waals surface area contributed by atoms with E-state index in [0.717, 1.165) is 23.1 Å². The fraction of sp³-hybridized carbons (Fsp3) is 0.259. The normalized spacial score (nSPS) is 17.5. The minimum Gasteiger partial charge on any atom is -0.465 e. The molecule has 0 heterocycles. The number of carbonyl (C=O) groups excluding carboxylic acids is 1. The van der Waals surface area contributed by atoms with Gasteiger partial charge in [-0.25, -0.2) is 4.79 Å². The first kappa shape index (κ1) is 21.6. The number of hydrogen-bond acceptors (Lipinski definition) is 2. The maximum absolute atomic E-state index is 12.8. The summed E-state index contributed by atoms with van der Waals surface area (Å²) in [5.74, 6) is 0.0299. The highest BCUT2D eigenvalue weighted by Crippen LogP contribution is 2.47. The van der Waals surface area contributed by atoms with Gasteiger partial charge in [0.1, 0.15) is 0 Å². The Morgan fingerprint density at radius 2 is 1.56 bits per heavy atom. The first-order chi connectivity index (χ1) is 15.2. The Kier molecular flexibility index (Phi) is 5.74. The average molecular weight is 429 g/mol. The lowest BCUT2D eigenvalue weighted by Gasteiger charge is -2.33. The molecule has 1 fully saturated rings. The van der Waals surface area contributed by atoms with E-state index < -0.39 is 11.6 Å². The third-order valence-corrected chi connectivity index (χ3v) is 5.85. The molecular formula is C27H28N2O3. The molecule has 1 aliphatic carbocycles. The van der Waals surface area contributed by atoms with Crippen molar-refractivity contribution in [2.24, 2.45) is 0 Å². The summed E-state index contributed by atoms with van der Waals surface area (Å²) in [4.78, 5) is 26.0. The summed E-state index contributed by atoms with van der Waals surface area (Å²) >= 11 is 0. The van der Waals surface area contributed by atoms with Gasteiger partial charge in [-0.1, -0.05) is 54.6 Å². The van der Waals surface area contributed by atoms with Gasteiger partial charge in [0.05, 0.1) is 0 Å². The summed E-state index contributed by atoms with van der Waals surface area (Å²) in [6, 6.07) is 25.2. The van der Waals surface area contributed by atoms with Crippen LogP contribution in [0, 0.1) is 0 Å². The number of nitrogens with zero attached hydrogens (tertiary/aromatic N) is 1. The molecule has 1 aliphatic rings. The number of rotatable bonds is 5. The van der Waals surface area contributed by atoms with E-state index in [1.807, 2.05) is 93.6 Å². The van der Waals surface area contributed by atoms with Crippen molar-refractivity contribution in [2.75, 3.05) is 5.32 Å². The van der Waals surface area contributed by atoms with Gasteiger partial charge in [0, 0.05) is 28.7 Å². The molecule has 1 saturated carbocycles. The quantitative estimate of drug-likeness (QED) is 0.505. The molecule has 164 valence electrons. The summed E-state index contributed by atoms with van der Waals surface area (Å²) in [7, 11) is 0. The molecule has 4 rings (SSSR count). The van der Waals surface area contributed by atoms with Gasteiger partial charge >= 0.3 is 6.09 Å². The number of benzene rings is 3. The molecule has 0 unspecified atom stereocenters. The van der Waals surface area contributed by atoms with Crippen molar-refractivity contribution in [3.63, 3.8) is 0 Å². The smallest absolute Gasteiger partial charge is 0.408 e. The number of carboxylic acid groups (broad SMARTS) is 1. The Labute approximate surface area is 188 Å². The summed E-state index contributed by atoms with van der Waals surface area (Å²) in [6.45, 7) is 5.76. The van der Waals surface area contributed by atoms with E-state index in [4.69, 9.17) is 0 Å². The summed E-state index contributed by atoms with van der Waals surface area (Å²) in [6.07, 6.45) is -0.0618. The van der Waals surface area contributed by atoms with Crippen LogP contribution in [-0.4, -0.2) is 33.6 Å². The molecule has 32 heavy (non-hydrogen) atoms. The second-order valence-electron chi connectivity index (χ2n) is 9.26. The average Bonchev–Trinajstić information content (AvgIpc) is 3.53. The molecule has 5 nitrogen and oxygen atoms in total. The Balaban J connectivity index is 1.43. The second kappa shape index (κ2) is 8.50. The van der Waals surface area contributed by atoms with Crippen molar-refractivity contribution in [3.8, 4) is 11.1 Å². The number of amides is 2. The topological polar surface area (TPSA) is 69.6 Å². The standard InChI is InChI=1S/C27H28N2O3/c1-27(2,3)29(26(31)32)24-17-23(24)19-12-14-22(15-13-19)28-25(30)21-11-7-10-20(16-21)18-8-5-4-6-9-18/h4-16,23-24H,17H2,1-3H3,(H,28,30)(H,31,32)/t23-,24+/m0/s1. The Morgan fingerprint density at radius 1 is 0.906 bits per heavy atom. The van der Waals surface area contributed by atoms with Crippen molar-refractivity contribution >= 4 is 17.7 Å². The maximum Gasteiger partial charge on any atom is 0.408 e. The van der Waals surface area contributed by atoms with E-state index >= 15 is 0 Å². The minimum absolute atomic E-state index is 0.00586. The molecule has 3 aromatic rings. The third-order valence-electron chi connectivity index (χ3n) is 5.85. The SMILES string of the molecule is CC(C)(C)N(C(=O)O)[C@@H]1C[C@H]1c1ccc(NC(=O)c2cccc(-c3ccccc3)c2)cc1. The molecule has 0 saturated heterocycles. The molecule has 5 heteroatoms. The van der Waals surface area contributed by atoms with Crippen LogP contribution in [0.2, 0.25) is 0 Å². The van der Waals surface area contributed by atoms with Crippen LogP contribution in [0.4, 0.5) is 10.5 Å². The predicted molar refractivity (Wildman–Crippen MR) is 127 cm³/mol. The molecule has 0 bridgehead atoms. The van der Waals surface area contributed by atoms with Crippen LogP contribution in [0.5, 0.6) is 0 Å². The summed E-state index contributed by atoms with van der Waals surface area (Å²) < 4.78 is 0. The van der Waals surface area contributed by atoms with Crippen molar-refractivity contribution in [3.05, 3.63) is 90.0 Å². The van der Waals surface area contributed by atoms with Crippen LogP contribution in [0.25, 0.3) is 11.1 Å². The molecular weight excluding hydrogens is 400 g/mol. The Morgan fingerprint density at radius 3 is 2.19 bits per heavy atom. The number of carbonyl (C=O) groups is 2. The van der Waals surface area contributed by atoms with Gasteiger partial charge in [-0.3, -0.25) is 9.69 Å². The van der Waals surface area contributed by atoms with Crippen molar-refractivity contribution < 1.29 is 14.7 Å². The van der Waals surface area contributed by atoms with Gasteiger partial charge in [0.15, 0.2) is 0 Å². The first-order valence-corrected chi connectivity index (χ1v) is 10.8. The zero-order valence-electron chi connectivity index (χ0n) is 18.6. The monoisotopic (exact) mass is 428 g/mol. The van der Waals surface area contributed by atoms with E-state index in [0.29, 0.717) is 11.3 Å². The zero-order valence-corrected chi connectivity index (χ0v) is 18.6. The van der Waals surface area contributed by atoms with Crippen LogP contribution in [-0.2, 0) is 0 Å². The fourth-order valence-electron chi connectivity index (χ4n) is 4.24. The number of hydrogen-bond donors (Lipinski definition) is 2.